The second-order valence-corrected chi connectivity index (χ2v) is 6.49. The zero-order valence-corrected chi connectivity index (χ0v) is 19.6. The molecule has 0 atom stereocenters. The summed E-state index contributed by atoms with van der Waals surface area (Å²) >= 11 is 0. The van der Waals surface area contributed by atoms with Gasteiger partial charge in [-0.3, -0.25) is 0 Å². The van der Waals surface area contributed by atoms with Gasteiger partial charge in [0.1, 0.15) is 5.75 Å². The Kier molecular flexibility index (Phi) is 9.30. The van der Waals surface area contributed by atoms with E-state index in [9.17, 15) is 0 Å². The third-order valence-electron chi connectivity index (χ3n) is 4.72. The number of rotatable bonds is 6. The lowest BCUT2D eigenvalue weighted by molar-refractivity contribution is 0.367. The number of methoxy groups -OCH3 is 2. The summed E-state index contributed by atoms with van der Waals surface area (Å²) in [6, 6.07) is 13.9. The number of guanidine groups is 1. The number of aromatic nitrogens is 1. The largest absolute Gasteiger partial charge is 0.495 e. The quantitative estimate of drug-likeness (QED) is 0.366. The molecular formula is C21H30IN5O2. The number of pyridine rings is 1. The third-order valence-corrected chi connectivity index (χ3v) is 4.72. The zero-order chi connectivity index (χ0) is 19.8. The summed E-state index contributed by atoms with van der Waals surface area (Å²) in [7, 11) is 3.35. The van der Waals surface area contributed by atoms with E-state index in [0.29, 0.717) is 12.4 Å². The fraction of sp³-hybridized carbons (Fsp3) is 0.429. The monoisotopic (exact) mass is 511 g/mol. The molecule has 2 aromatic rings. The maximum atomic E-state index is 5.51. The van der Waals surface area contributed by atoms with Crippen LogP contribution in [0.4, 0.5) is 5.69 Å². The van der Waals surface area contributed by atoms with Crippen molar-refractivity contribution in [2.45, 2.75) is 13.5 Å². The Morgan fingerprint density at radius 3 is 2.48 bits per heavy atom. The number of halogens is 1. The van der Waals surface area contributed by atoms with Crippen LogP contribution in [0.15, 0.2) is 47.5 Å². The lowest BCUT2D eigenvalue weighted by Crippen LogP contribution is -2.52. The van der Waals surface area contributed by atoms with Crippen molar-refractivity contribution >= 4 is 35.6 Å². The average Bonchev–Trinajstić information content (AvgIpc) is 2.77. The van der Waals surface area contributed by atoms with Crippen molar-refractivity contribution in [3.63, 3.8) is 0 Å². The van der Waals surface area contributed by atoms with E-state index in [-0.39, 0.29) is 24.0 Å². The van der Waals surface area contributed by atoms with Crippen LogP contribution in [0.1, 0.15) is 12.6 Å². The van der Waals surface area contributed by atoms with Crippen molar-refractivity contribution in [1.29, 1.82) is 0 Å². The number of hydrogen-bond acceptors (Lipinski definition) is 5. The van der Waals surface area contributed by atoms with Gasteiger partial charge in [-0.25, -0.2) is 9.98 Å². The van der Waals surface area contributed by atoms with Crippen LogP contribution in [0.2, 0.25) is 0 Å². The van der Waals surface area contributed by atoms with E-state index in [4.69, 9.17) is 14.5 Å². The molecule has 0 unspecified atom stereocenters. The topological polar surface area (TPSA) is 62.2 Å². The molecule has 1 aromatic heterocycles. The van der Waals surface area contributed by atoms with Crippen molar-refractivity contribution in [3.8, 4) is 11.6 Å². The summed E-state index contributed by atoms with van der Waals surface area (Å²) in [5, 5.41) is 3.40. The lowest BCUT2D eigenvalue weighted by atomic mass is 10.2. The van der Waals surface area contributed by atoms with E-state index in [0.717, 1.165) is 55.8 Å². The van der Waals surface area contributed by atoms with E-state index in [1.807, 2.05) is 30.3 Å². The summed E-state index contributed by atoms with van der Waals surface area (Å²) in [5.41, 5.74) is 2.04. The molecule has 1 fully saturated rings. The van der Waals surface area contributed by atoms with Gasteiger partial charge in [0.2, 0.25) is 5.88 Å². The van der Waals surface area contributed by atoms with Gasteiger partial charge >= 0.3 is 0 Å². The first kappa shape index (κ1) is 23.1. The first-order valence-electron chi connectivity index (χ1n) is 9.66. The molecule has 0 aliphatic carbocycles. The molecule has 1 aliphatic rings. The van der Waals surface area contributed by atoms with E-state index in [1.54, 1.807) is 14.2 Å². The number of piperazine rings is 1. The maximum Gasteiger partial charge on any atom is 0.213 e. The van der Waals surface area contributed by atoms with Gasteiger partial charge in [0.15, 0.2) is 5.96 Å². The molecule has 3 rings (SSSR count). The molecule has 8 heteroatoms. The van der Waals surface area contributed by atoms with E-state index < -0.39 is 0 Å². The molecule has 0 saturated carbocycles. The highest BCUT2D eigenvalue weighted by atomic mass is 127. The normalized spacial score (nSPS) is 14.2. The first-order valence-corrected chi connectivity index (χ1v) is 9.66. The molecule has 1 N–H and O–H groups in total. The Bertz CT molecular complexity index is 794. The molecule has 2 heterocycles. The fourth-order valence-electron chi connectivity index (χ4n) is 3.29. The number of nitrogens with one attached hydrogen (secondary N) is 1. The number of ether oxygens (including phenoxy) is 2. The summed E-state index contributed by atoms with van der Waals surface area (Å²) in [4.78, 5) is 13.9. The molecule has 7 nitrogen and oxygen atoms in total. The lowest BCUT2D eigenvalue weighted by Gasteiger charge is -2.38. The Morgan fingerprint density at radius 2 is 1.79 bits per heavy atom. The van der Waals surface area contributed by atoms with Crippen LogP contribution >= 0.6 is 24.0 Å². The number of para-hydroxylation sites is 2. The van der Waals surface area contributed by atoms with Crippen LogP contribution in [0.5, 0.6) is 11.6 Å². The van der Waals surface area contributed by atoms with E-state index in [1.165, 1.54) is 0 Å². The summed E-state index contributed by atoms with van der Waals surface area (Å²) < 4.78 is 10.7. The van der Waals surface area contributed by atoms with Gasteiger partial charge in [0.05, 0.1) is 32.1 Å². The van der Waals surface area contributed by atoms with E-state index in [2.05, 4.69) is 39.2 Å². The van der Waals surface area contributed by atoms with Crippen molar-refractivity contribution in [3.05, 3.63) is 48.2 Å². The first-order chi connectivity index (χ1) is 13.7. The Hall–Kier alpha value is -2.23. The molecule has 0 radical (unpaired) electrons. The second-order valence-electron chi connectivity index (χ2n) is 6.49. The van der Waals surface area contributed by atoms with Gasteiger partial charge < -0.3 is 24.6 Å². The number of anilines is 1. The smallest absolute Gasteiger partial charge is 0.213 e. The average molecular weight is 511 g/mol. The van der Waals surface area contributed by atoms with Gasteiger partial charge in [-0.05, 0) is 25.1 Å². The van der Waals surface area contributed by atoms with Gasteiger partial charge in [-0.2, -0.15) is 0 Å². The molecule has 0 bridgehead atoms. The second kappa shape index (κ2) is 11.7. The minimum atomic E-state index is 0. The van der Waals surface area contributed by atoms with Gasteiger partial charge in [0.25, 0.3) is 0 Å². The summed E-state index contributed by atoms with van der Waals surface area (Å²) in [5.74, 6) is 2.45. The predicted molar refractivity (Wildman–Crippen MR) is 128 cm³/mol. The number of aliphatic imine (C=N–C) groups is 1. The minimum Gasteiger partial charge on any atom is -0.495 e. The Balaban J connectivity index is 0.00000300. The van der Waals surface area contributed by atoms with Crippen LogP contribution in [-0.4, -0.2) is 62.8 Å². The highest BCUT2D eigenvalue weighted by Crippen LogP contribution is 2.28. The standard InChI is InChI=1S/C21H29N5O2.HI/c1-4-22-21(23-16-17-8-7-11-20(24-17)28-3)26-14-12-25(13-15-26)18-9-5-6-10-19(18)27-2;/h5-11H,4,12-16H2,1-3H3,(H,22,23);1H. The van der Waals surface area contributed by atoms with Crippen LogP contribution in [-0.2, 0) is 6.54 Å². The van der Waals surface area contributed by atoms with Crippen LogP contribution in [0.25, 0.3) is 0 Å². The molecule has 1 aliphatic heterocycles. The molecule has 0 spiro atoms. The number of benzene rings is 1. The van der Waals surface area contributed by atoms with Gasteiger partial charge in [0, 0.05) is 38.8 Å². The molecule has 158 valence electrons. The van der Waals surface area contributed by atoms with Crippen molar-refractivity contribution < 1.29 is 9.47 Å². The van der Waals surface area contributed by atoms with Crippen LogP contribution < -0.4 is 19.7 Å². The van der Waals surface area contributed by atoms with E-state index >= 15 is 0 Å². The highest BCUT2D eigenvalue weighted by Gasteiger charge is 2.21. The molecule has 1 aromatic carbocycles. The number of nitrogens with zero attached hydrogens (tertiary/aromatic N) is 4. The third kappa shape index (κ3) is 6.12. The zero-order valence-electron chi connectivity index (χ0n) is 17.3. The SMILES string of the molecule is CCNC(=NCc1cccc(OC)n1)N1CCN(c2ccccc2OC)CC1.I. The maximum absolute atomic E-state index is 5.51. The molecule has 1 saturated heterocycles. The van der Waals surface area contributed by atoms with Crippen molar-refractivity contribution in [1.82, 2.24) is 15.2 Å². The Morgan fingerprint density at radius 1 is 1.03 bits per heavy atom. The fourth-order valence-corrected chi connectivity index (χ4v) is 3.29. The molecular weight excluding hydrogens is 481 g/mol. The van der Waals surface area contributed by atoms with Gasteiger partial charge in [-0.15, -0.1) is 24.0 Å². The summed E-state index contributed by atoms with van der Waals surface area (Å²) in [6.07, 6.45) is 0. The van der Waals surface area contributed by atoms with Crippen LogP contribution in [0, 0.1) is 0 Å². The predicted octanol–water partition coefficient (Wildman–Crippen LogP) is 3.00. The van der Waals surface area contributed by atoms with Crippen molar-refractivity contribution in [2.75, 3.05) is 51.8 Å². The van der Waals surface area contributed by atoms with Crippen molar-refractivity contribution in [2.24, 2.45) is 4.99 Å². The highest BCUT2D eigenvalue weighted by molar-refractivity contribution is 14.0. The number of hydrogen-bond donors (Lipinski definition) is 1. The summed E-state index contributed by atoms with van der Waals surface area (Å²) in [6.45, 7) is 7.07. The minimum absolute atomic E-state index is 0. The van der Waals surface area contributed by atoms with Crippen LogP contribution in [0.3, 0.4) is 0 Å². The molecule has 0 amide bonds. The molecule has 29 heavy (non-hydrogen) atoms. The van der Waals surface area contributed by atoms with Gasteiger partial charge in [-0.1, -0.05) is 18.2 Å². The Labute approximate surface area is 190 Å².